The molecule has 0 saturated carbocycles. The highest BCUT2D eigenvalue weighted by atomic mass is 16.8. The van der Waals surface area contributed by atoms with Crippen molar-refractivity contribution in [2.75, 3.05) is 39.6 Å². The summed E-state index contributed by atoms with van der Waals surface area (Å²) >= 11 is 0. The fraction of sp³-hybridized carbons (Fsp3) is 0.411. The van der Waals surface area contributed by atoms with Crippen LogP contribution >= 0.6 is 0 Å². The second-order valence-corrected chi connectivity index (χ2v) is 17.1. The fourth-order valence-electron chi connectivity index (χ4n) is 8.55. The number of fused-ring (bicyclic) bond motifs is 3. The minimum atomic E-state index is -1.25. The summed E-state index contributed by atoms with van der Waals surface area (Å²) in [4.78, 5) is 43.1. The molecule has 0 radical (unpaired) electrons. The molecule has 68 heavy (non-hydrogen) atoms. The Kier molecular flexibility index (Phi) is 19.4. The van der Waals surface area contributed by atoms with E-state index in [0.29, 0.717) is 51.1 Å². The van der Waals surface area contributed by atoms with Crippen molar-refractivity contribution in [2.24, 2.45) is 0 Å². The average Bonchev–Trinajstić information content (AvgIpc) is 3.70. The van der Waals surface area contributed by atoms with Crippen molar-refractivity contribution >= 4 is 18.2 Å². The first-order chi connectivity index (χ1) is 33.4. The van der Waals surface area contributed by atoms with Gasteiger partial charge in [0.15, 0.2) is 18.5 Å². The summed E-state index contributed by atoms with van der Waals surface area (Å²) in [6.07, 6.45) is -1.23. The lowest BCUT2D eigenvalue weighted by Gasteiger charge is -2.44. The maximum absolute atomic E-state index is 14.1. The normalized spacial score (nSPS) is 18.5. The molecule has 0 spiro atoms. The van der Waals surface area contributed by atoms with Crippen LogP contribution < -0.4 is 0 Å². The lowest BCUT2D eigenvalue weighted by Crippen LogP contribution is -2.62. The van der Waals surface area contributed by atoms with Gasteiger partial charge in [-0.05, 0) is 77.6 Å². The molecule has 7 rings (SSSR count). The third-order valence-corrected chi connectivity index (χ3v) is 12.2. The molecule has 12 nitrogen and oxygen atoms in total. The number of hydrogen-bond acceptors (Lipinski definition) is 11. The number of esters is 1. The molecule has 5 atom stereocenters. The Bertz CT molecular complexity index is 2250. The Morgan fingerprint density at radius 1 is 0.559 bits per heavy atom. The Hall–Kier alpha value is -6.05. The van der Waals surface area contributed by atoms with Crippen LogP contribution in [-0.4, -0.2) is 93.4 Å². The smallest absolute Gasteiger partial charge is 0.449 e. The van der Waals surface area contributed by atoms with E-state index in [1.54, 1.807) is 29.2 Å². The van der Waals surface area contributed by atoms with E-state index in [0.717, 1.165) is 59.1 Å². The zero-order valence-electron chi connectivity index (χ0n) is 39.3. The highest BCUT2D eigenvalue weighted by molar-refractivity contribution is 5.89. The van der Waals surface area contributed by atoms with Gasteiger partial charge >= 0.3 is 18.2 Å². The molecule has 1 fully saturated rings. The monoisotopic (exact) mass is 927 g/mol. The Labute approximate surface area is 400 Å². The van der Waals surface area contributed by atoms with Crippen molar-refractivity contribution in [2.45, 2.75) is 109 Å². The average molecular weight is 928 g/mol. The first-order valence-electron chi connectivity index (χ1n) is 24.2. The third kappa shape index (κ3) is 14.0. The SMILES string of the molecule is CCCCOCC1O[C@@H](OCCCCCN(Cc2ccccc2)C(=O)OCc2ccccc2)C(OC(=O)c2ccccc2)C(OC(=O)OCC2c3ccccc3-c3ccccc32)[C@H]1OCCCC. The summed E-state index contributed by atoms with van der Waals surface area (Å²) in [6.45, 7) is 6.39. The molecule has 1 heterocycles. The number of nitrogens with zero attached hydrogens (tertiary/aromatic N) is 1. The summed E-state index contributed by atoms with van der Waals surface area (Å²) in [5.41, 5.74) is 6.54. The molecule has 5 aromatic carbocycles. The topological polar surface area (TPSA) is 128 Å². The number of unbranched alkanes of at least 4 members (excludes halogenated alkanes) is 4. The molecule has 1 aliphatic carbocycles. The van der Waals surface area contributed by atoms with Crippen molar-refractivity contribution in [3.8, 4) is 11.1 Å². The van der Waals surface area contributed by atoms with Gasteiger partial charge < -0.3 is 42.8 Å². The molecule has 1 aliphatic heterocycles. The summed E-state index contributed by atoms with van der Waals surface area (Å²) in [7, 11) is 0. The summed E-state index contributed by atoms with van der Waals surface area (Å²) in [5.74, 6) is -0.842. The number of rotatable bonds is 25. The zero-order chi connectivity index (χ0) is 47.3. The minimum Gasteiger partial charge on any atom is -0.449 e. The van der Waals surface area contributed by atoms with E-state index < -0.39 is 48.9 Å². The largest absolute Gasteiger partial charge is 0.508 e. The van der Waals surface area contributed by atoms with E-state index in [1.807, 2.05) is 91.0 Å². The predicted molar refractivity (Wildman–Crippen MR) is 258 cm³/mol. The molecule has 360 valence electrons. The summed E-state index contributed by atoms with van der Waals surface area (Å²) in [6, 6.07) is 44.3. The maximum atomic E-state index is 14.1. The lowest BCUT2D eigenvalue weighted by atomic mass is 9.98. The van der Waals surface area contributed by atoms with Crippen LogP contribution in [0, 0.1) is 0 Å². The molecule has 1 saturated heterocycles. The van der Waals surface area contributed by atoms with E-state index in [9.17, 15) is 14.4 Å². The van der Waals surface area contributed by atoms with E-state index in [4.69, 9.17) is 37.9 Å². The van der Waals surface area contributed by atoms with Crippen LogP contribution in [0.5, 0.6) is 0 Å². The van der Waals surface area contributed by atoms with Gasteiger partial charge in [0.25, 0.3) is 0 Å². The summed E-state index contributed by atoms with van der Waals surface area (Å²) < 4.78 is 50.0. The van der Waals surface area contributed by atoms with Gasteiger partial charge in [-0.25, -0.2) is 14.4 Å². The molecule has 3 unspecified atom stereocenters. The second-order valence-electron chi connectivity index (χ2n) is 17.1. The van der Waals surface area contributed by atoms with E-state index in [-0.39, 0.29) is 32.3 Å². The third-order valence-electron chi connectivity index (χ3n) is 12.2. The van der Waals surface area contributed by atoms with Crippen LogP contribution in [0.15, 0.2) is 140 Å². The van der Waals surface area contributed by atoms with Crippen molar-refractivity contribution in [3.05, 3.63) is 167 Å². The molecule has 5 aromatic rings. The maximum Gasteiger partial charge on any atom is 0.508 e. The van der Waals surface area contributed by atoms with Crippen LogP contribution in [-0.2, 0) is 51.0 Å². The molecule has 12 heteroatoms. The number of benzene rings is 5. The molecule has 0 N–H and O–H groups in total. The van der Waals surface area contributed by atoms with Crippen LogP contribution in [0.3, 0.4) is 0 Å². The van der Waals surface area contributed by atoms with Crippen molar-refractivity contribution < 1.29 is 52.3 Å². The van der Waals surface area contributed by atoms with Crippen LogP contribution in [0.4, 0.5) is 9.59 Å². The van der Waals surface area contributed by atoms with Gasteiger partial charge in [-0.2, -0.15) is 0 Å². The van der Waals surface area contributed by atoms with Gasteiger partial charge in [0.2, 0.25) is 0 Å². The first-order valence-corrected chi connectivity index (χ1v) is 24.2. The zero-order valence-corrected chi connectivity index (χ0v) is 39.3. The number of ether oxygens (including phenoxy) is 8. The lowest BCUT2D eigenvalue weighted by molar-refractivity contribution is -0.309. The predicted octanol–water partition coefficient (Wildman–Crippen LogP) is 11.3. The number of hydrogen-bond donors (Lipinski definition) is 0. The molecule has 1 amide bonds. The highest BCUT2D eigenvalue weighted by Gasteiger charge is 2.52. The number of carbonyl (C=O) groups excluding carboxylic acids is 3. The first kappa shape index (κ1) is 49.8. The van der Waals surface area contributed by atoms with Gasteiger partial charge in [0.05, 0.1) is 12.2 Å². The second kappa shape index (κ2) is 26.5. The van der Waals surface area contributed by atoms with E-state index in [2.05, 4.69) is 38.1 Å². The minimum absolute atomic E-state index is 0.0307. The molecular weight excluding hydrogens is 863 g/mol. The van der Waals surface area contributed by atoms with Gasteiger partial charge in [-0.15, -0.1) is 0 Å². The Balaban J connectivity index is 1.06. The molecule has 2 aliphatic rings. The Morgan fingerprint density at radius 3 is 1.84 bits per heavy atom. The molecular formula is C56H65NO11. The standard InChI is InChI=1S/C56H65NO11/c1-3-5-34-61-40-49-50(62-35-6-4-2)51(68-56(60)65-39-48-46-31-19-17-29-44(46)45-30-18-20-32-47(45)48)52(67-53(58)43-27-15-9-16-28-43)54(66-49)63-36-22-10-21-33-57(37-41-23-11-7-12-24-41)55(59)64-38-42-25-13-8-14-26-42/h7-9,11-20,23-32,48-52,54H,3-6,10,21-22,33-40H2,1-2H3/t49?,50-,51?,52?,54+/m0/s1. The Morgan fingerprint density at radius 2 is 1.16 bits per heavy atom. The van der Waals surface area contributed by atoms with Gasteiger partial charge in [-0.1, -0.05) is 154 Å². The van der Waals surface area contributed by atoms with Crippen molar-refractivity contribution in [1.82, 2.24) is 4.90 Å². The van der Waals surface area contributed by atoms with E-state index >= 15 is 0 Å². The molecule has 0 aromatic heterocycles. The van der Waals surface area contributed by atoms with Gasteiger partial charge in [-0.3, -0.25) is 0 Å². The van der Waals surface area contributed by atoms with Crippen LogP contribution in [0.25, 0.3) is 11.1 Å². The van der Waals surface area contributed by atoms with Crippen LogP contribution in [0.1, 0.15) is 97.3 Å². The van der Waals surface area contributed by atoms with Crippen molar-refractivity contribution in [3.63, 3.8) is 0 Å². The number of carbonyl (C=O) groups is 3. The molecule has 0 bridgehead atoms. The summed E-state index contributed by atoms with van der Waals surface area (Å²) in [5, 5.41) is 0. The van der Waals surface area contributed by atoms with E-state index in [1.165, 1.54) is 0 Å². The quantitative estimate of drug-likeness (QED) is 0.0315. The van der Waals surface area contributed by atoms with Gasteiger partial charge in [0.1, 0.15) is 25.4 Å². The van der Waals surface area contributed by atoms with Crippen LogP contribution in [0.2, 0.25) is 0 Å². The van der Waals surface area contributed by atoms with Crippen molar-refractivity contribution in [1.29, 1.82) is 0 Å². The highest BCUT2D eigenvalue weighted by Crippen LogP contribution is 2.44. The number of amides is 1. The van der Waals surface area contributed by atoms with Gasteiger partial charge in [0, 0.05) is 38.8 Å². The fourth-order valence-corrected chi connectivity index (χ4v) is 8.55.